The second-order valence-corrected chi connectivity index (χ2v) is 6.14. The molecule has 4 nitrogen and oxygen atoms in total. The number of nitrogen functional groups attached to an aromatic ring is 1. The van der Waals surface area contributed by atoms with Crippen molar-refractivity contribution in [2.45, 2.75) is 31.3 Å². The van der Waals surface area contributed by atoms with Crippen LogP contribution in [0.25, 0.3) is 11.1 Å². The monoisotopic (exact) mass is 305 g/mol. The van der Waals surface area contributed by atoms with E-state index in [1.807, 2.05) is 31.3 Å². The van der Waals surface area contributed by atoms with Crippen LogP contribution in [0, 0.1) is 0 Å². The summed E-state index contributed by atoms with van der Waals surface area (Å²) >= 11 is 6.34. The number of rotatable bonds is 4. The van der Waals surface area contributed by atoms with E-state index in [4.69, 9.17) is 22.1 Å². The number of benzene rings is 1. The molecule has 1 aliphatic rings. The van der Waals surface area contributed by atoms with Gasteiger partial charge in [-0.2, -0.15) is 5.10 Å². The highest BCUT2D eigenvalue weighted by atomic mass is 35.5. The minimum absolute atomic E-state index is 0.0865. The van der Waals surface area contributed by atoms with Gasteiger partial charge in [-0.25, -0.2) is 0 Å². The molecule has 1 heterocycles. The van der Waals surface area contributed by atoms with Crippen LogP contribution in [0.5, 0.6) is 0 Å². The van der Waals surface area contributed by atoms with Crippen LogP contribution >= 0.6 is 11.6 Å². The van der Waals surface area contributed by atoms with Crippen LogP contribution in [0.4, 0.5) is 5.82 Å². The molecule has 5 heteroatoms. The molecule has 112 valence electrons. The Morgan fingerprint density at radius 2 is 2.10 bits per heavy atom. The van der Waals surface area contributed by atoms with Crippen molar-refractivity contribution in [2.24, 2.45) is 7.05 Å². The van der Waals surface area contributed by atoms with E-state index in [0.29, 0.717) is 10.8 Å². The fourth-order valence-corrected chi connectivity index (χ4v) is 3.24. The predicted octanol–water partition coefficient (Wildman–Crippen LogP) is 3.43. The normalized spacial score (nSPS) is 16.7. The van der Waals surface area contributed by atoms with Crippen LogP contribution in [0.1, 0.15) is 25.0 Å². The summed E-state index contributed by atoms with van der Waals surface area (Å²) in [4.78, 5) is 0. The maximum atomic E-state index is 6.34. The first-order chi connectivity index (χ1) is 10.1. The Morgan fingerprint density at radius 3 is 2.67 bits per heavy atom. The highest BCUT2D eigenvalue weighted by molar-refractivity contribution is 6.33. The Bertz CT molecular complexity index is 656. The van der Waals surface area contributed by atoms with Crippen molar-refractivity contribution in [1.82, 2.24) is 9.78 Å². The number of ether oxygens (including phenoxy) is 1. The standard InChI is InChI=1S/C16H20ClN3O/c1-20-15(18)14(11-6-3-4-7-12(11)17)13(19-20)10-16(21-2)8-5-9-16/h3-4,6-7H,5,8-10,18H2,1-2H3. The molecule has 0 bridgehead atoms. The lowest BCUT2D eigenvalue weighted by molar-refractivity contribution is -0.0714. The molecule has 0 unspecified atom stereocenters. The maximum absolute atomic E-state index is 6.34. The third kappa shape index (κ3) is 2.43. The molecular weight excluding hydrogens is 286 g/mol. The summed E-state index contributed by atoms with van der Waals surface area (Å²) < 4.78 is 7.44. The Labute approximate surface area is 129 Å². The van der Waals surface area contributed by atoms with Gasteiger partial charge in [-0.3, -0.25) is 4.68 Å². The van der Waals surface area contributed by atoms with E-state index in [0.717, 1.165) is 36.1 Å². The SMILES string of the molecule is COC1(Cc2nn(C)c(N)c2-c2ccccc2Cl)CCC1. The molecule has 3 rings (SSSR count). The molecule has 0 aliphatic heterocycles. The molecule has 1 saturated carbocycles. The van der Waals surface area contributed by atoms with Gasteiger partial charge in [0.2, 0.25) is 0 Å². The van der Waals surface area contributed by atoms with Crippen LogP contribution in [0.3, 0.4) is 0 Å². The second kappa shape index (κ2) is 5.35. The molecule has 1 aliphatic carbocycles. The number of methoxy groups -OCH3 is 1. The summed E-state index contributed by atoms with van der Waals surface area (Å²) in [6, 6.07) is 7.75. The fraction of sp³-hybridized carbons (Fsp3) is 0.438. The molecule has 1 aromatic carbocycles. The molecule has 0 atom stereocenters. The zero-order valence-corrected chi connectivity index (χ0v) is 13.2. The Kier molecular flexibility index (Phi) is 3.68. The van der Waals surface area contributed by atoms with Gasteiger partial charge in [-0.1, -0.05) is 29.8 Å². The molecular formula is C16H20ClN3O. The minimum Gasteiger partial charge on any atom is -0.383 e. The first-order valence-electron chi connectivity index (χ1n) is 7.18. The third-order valence-electron chi connectivity index (χ3n) is 4.49. The molecule has 1 fully saturated rings. The van der Waals surface area contributed by atoms with E-state index in [9.17, 15) is 0 Å². The number of nitrogens with zero attached hydrogens (tertiary/aromatic N) is 2. The Balaban J connectivity index is 2.06. The summed E-state index contributed by atoms with van der Waals surface area (Å²) in [5, 5.41) is 5.29. The molecule has 0 amide bonds. The van der Waals surface area contributed by atoms with Crippen LogP contribution < -0.4 is 5.73 Å². The van der Waals surface area contributed by atoms with E-state index >= 15 is 0 Å². The lowest BCUT2D eigenvalue weighted by atomic mass is 9.76. The van der Waals surface area contributed by atoms with Crippen molar-refractivity contribution in [2.75, 3.05) is 12.8 Å². The predicted molar refractivity (Wildman–Crippen MR) is 85.4 cm³/mol. The number of anilines is 1. The van der Waals surface area contributed by atoms with Crippen molar-refractivity contribution in [3.05, 3.63) is 35.0 Å². The first kappa shape index (κ1) is 14.4. The molecule has 2 N–H and O–H groups in total. The van der Waals surface area contributed by atoms with Crippen molar-refractivity contribution in [3.63, 3.8) is 0 Å². The van der Waals surface area contributed by atoms with Crippen molar-refractivity contribution >= 4 is 17.4 Å². The van der Waals surface area contributed by atoms with E-state index < -0.39 is 0 Å². The Hall–Kier alpha value is -1.52. The minimum atomic E-state index is -0.0865. The van der Waals surface area contributed by atoms with Gasteiger partial charge in [0.25, 0.3) is 0 Å². The van der Waals surface area contributed by atoms with Gasteiger partial charge in [0.1, 0.15) is 5.82 Å². The second-order valence-electron chi connectivity index (χ2n) is 5.73. The van der Waals surface area contributed by atoms with Crippen LogP contribution in [-0.2, 0) is 18.2 Å². The van der Waals surface area contributed by atoms with Crippen molar-refractivity contribution < 1.29 is 4.74 Å². The lowest BCUT2D eigenvalue weighted by Gasteiger charge is -2.40. The van der Waals surface area contributed by atoms with E-state index in [-0.39, 0.29) is 5.60 Å². The summed E-state index contributed by atoms with van der Waals surface area (Å²) in [6.45, 7) is 0. The molecule has 1 aromatic heterocycles. The van der Waals surface area contributed by atoms with Crippen molar-refractivity contribution in [1.29, 1.82) is 0 Å². The van der Waals surface area contributed by atoms with Gasteiger partial charge in [0, 0.05) is 36.7 Å². The zero-order valence-electron chi connectivity index (χ0n) is 12.4. The fourth-order valence-electron chi connectivity index (χ4n) is 3.01. The number of aromatic nitrogens is 2. The smallest absolute Gasteiger partial charge is 0.129 e. The molecule has 0 radical (unpaired) electrons. The summed E-state index contributed by atoms with van der Waals surface area (Å²) in [6.07, 6.45) is 4.12. The van der Waals surface area contributed by atoms with E-state index in [1.165, 1.54) is 6.42 Å². The van der Waals surface area contributed by atoms with Crippen LogP contribution in [0.15, 0.2) is 24.3 Å². The number of aryl methyl sites for hydroxylation is 1. The highest BCUT2D eigenvalue weighted by Gasteiger charge is 2.39. The average molecular weight is 306 g/mol. The lowest BCUT2D eigenvalue weighted by Crippen LogP contribution is -2.41. The van der Waals surface area contributed by atoms with Crippen molar-refractivity contribution in [3.8, 4) is 11.1 Å². The van der Waals surface area contributed by atoms with Gasteiger partial charge in [0.15, 0.2) is 0 Å². The van der Waals surface area contributed by atoms with Crippen LogP contribution in [-0.4, -0.2) is 22.5 Å². The quantitative estimate of drug-likeness (QED) is 0.941. The number of halogens is 1. The Morgan fingerprint density at radius 1 is 1.38 bits per heavy atom. The van der Waals surface area contributed by atoms with Gasteiger partial charge in [-0.15, -0.1) is 0 Å². The summed E-state index contributed by atoms with van der Waals surface area (Å²) in [7, 11) is 3.64. The van der Waals surface area contributed by atoms with Crippen LogP contribution in [0.2, 0.25) is 5.02 Å². The average Bonchev–Trinajstić information content (AvgIpc) is 2.70. The highest BCUT2D eigenvalue weighted by Crippen LogP contribution is 2.42. The molecule has 0 saturated heterocycles. The third-order valence-corrected chi connectivity index (χ3v) is 4.82. The van der Waals surface area contributed by atoms with E-state index in [1.54, 1.807) is 11.8 Å². The van der Waals surface area contributed by atoms with E-state index in [2.05, 4.69) is 5.10 Å². The number of nitrogens with two attached hydrogens (primary N) is 1. The topological polar surface area (TPSA) is 53.1 Å². The molecule has 0 spiro atoms. The van der Waals surface area contributed by atoms with Gasteiger partial charge >= 0.3 is 0 Å². The molecule has 21 heavy (non-hydrogen) atoms. The zero-order chi connectivity index (χ0) is 15.0. The largest absolute Gasteiger partial charge is 0.383 e. The summed E-state index contributed by atoms with van der Waals surface area (Å²) in [5.74, 6) is 0.642. The first-order valence-corrected chi connectivity index (χ1v) is 7.55. The maximum Gasteiger partial charge on any atom is 0.129 e. The number of hydrogen-bond acceptors (Lipinski definition) is 3. The molecule has 2 aromatic rings. The van der Waals surface area contributed by atoms with Gasteiger partial charge < -0.3 is 10.5 Å². The number of hydrogen-bond donors (Lipinski definition) is 1. The van der Waals surface area contributed by atoms with Gasteiger partial charge in [0.05, 0.1) is 11.3 Å². The summed E-state index contributed by atoms with van der Waals surface area (Å²) in [5.41, 5.74) is 8.97. The van der Waals surface area contributed by atoms with Gasteiger partial charge in [-0.05, 0) is 25.3 Å².